The molecule has 0 aliphatic rings. The first kappa shape index (κ1) is 12.0. The normalized spacial score (nSPS) is 12.9. The van der Waals surface area contributed by atoms with Gasteiger partial charge in [-0.2, -0.15) is 0 Å². The number of aromatic nitrogens is 1. The van der Waals surface area contributed by atoms with Crippen LogP contribution in [0.1, 0.15) is 39.4 Å². The maximum absolute atomic E-state index is 5.76. The Bertz CT molecular complexity index is 290. The van der Waals surface area contributed by atoms with Gasteiger partial charge in [0.2, 0.25) is 0 Å². The molecule has 0 bridgehead atoms. The lowest BCUT2D eigenvalue weighted by atomic mass is 10.2. The van der Waals surface area contributed by atoms with Crippen molar-refractivity contribution in [3.63, 3.8) is 0 Å². The average Bonchev–Trinajstić information content (AvgIpc) is 2.19. The number of nitrogens with zero attached hydrogens (tertiary/aromatic N) is 2. The van der Waals surface area contributed by atoms with Crippen LogP contribution in [0.2, 0.25) is 0 Å². The lowest BCUT2D eigenvalue weighted by Crippen LogP contribution is -2.30. The van der Waals surface area contributed by atoms with E-state index in [1.54, 1.807) is 0 Å². The molecule has 15 heavy (non-hydrogen) atoms. The third-order valence-corrected chi connectivity index (χ3v) is 2.53. The molecule has 0 unspecified atom stereocenters. The van der Waals surface area contributed by atoms with E-state index in [1.165, 1.54) is 0 Å². The summed E-state index contributed by atoms with van der Waals surface area (Å²) in [5.74, 6) is 0. The van der Waals surface area contributed by atoms with E-state index in [9.17, 15) is 0 Å². The number of anilines is 1. The van der Waals surface area contributed by atoms with Crippen LogP contribution in [-0.2, 0) is 0 Å². The minimum Gasteiger partial charge on any atom is -0.368 e. The summed E-state index contributed by atoms with van der Waals surface area (Å²) in [6.07, 6.45) is 1.90. The van der Waals surface area contributed by atoms with Crippen LogP contribution in [0.3, 0.4) is 0 Å². The lowest BCUT2D eigenvalue weighted by Gasteiger charge is -2.27. The second-order valence-corrected chi connectivity index (χ2v) is 4.11. The van der Waals surface area contributed by atoms with Crippen molar-refractivity contribution in [3.8, 4) is 0 Å². The summed E-state index contributed by atoms with van der Waals surface area (Å²) in [4.78, 5) is 6.67. The number of pyridine rings is 1. The van der Waals surface area contributed by atoms with Crippen molar-refractivity contribution in [2.24, 2.45) is 5.73 Å². The van der Waals surface area contributed by atoms with Crippen molar-refractivity contribution in [2.45, 2.75) is 39.8 Å². The minimum absolute atomic E-state index is 0.00757. The van der Waals surface area contributed by atoms with Gasteiger partial charge in [-0.25, -0.2) is 0 Å². The first-order valence-electron chi connectivity index (χ1n) is 5.54. The molecule has 0 amide bonds. The summed E-state index contributed by atoms with van der Waals surface area (Å²) < 4.78 is 0. The van der Waals surface area contributed by atoms with Gasteiger partial charge in [0.05, 0.1) is 17.6 Å². The largest absolute Gasteiger partial charge is 0.368 e. The molecule has 1 aromatic heterocycles. The second kappa shape index (κ2) is 5.12. The van der Waals surface area contributed by atoms with Crippen LogP contribution in [-0.4, -0.2) is 17.6 Å². The molecule has 0 aliphatic carbocycles. The lowest BCUT2D eigenvalue weighted by molar-refractivity contribution is 0.699. The Morgan fingerprint density at radius 3 is 2.33 bits per heavy atom. The summed E-state index contributed by atoms with van der Waals surface area (Å²) >= 11 is 0. The van der Waals surface area contributed by atoms with Crippen molar-refractivity contribution in [3.05, 3.63) is 24.0 Å². The van der Waals surface area contributed by atoms with Crippen molar-refractivity contribution >= 4 is 5.69 Å². The topological polar surface area (TPSA) is 42.1 Å². The molecule has 0 saturated heterocycles. The summed E-state index contributed by atoms with van der Waals surface area (Å²) in [5.41, 5.74) is 7.86. The van der Waals surface area contributed by atoms with E-state index >= 15 is 0 Å². The number of hydrogen-bond acceptors (Lipinski definition) is 3. The van der Waals surface area contributed by atoms with Crippen molar-refractivity contribution < 1.29 is 0 Å². The van der Waals surface area contributed by atoms with Gasteiger partial charge in [-0.3, -0.25) is 4.98 Å². The Labute approximate surface area is 92.3 Å². The van der Waals surface area contributed by atoms with E-state index < -0.39 is 0 Å². The zero-order chi connectivity index (χ0) is 11.4. The van der Waals surface area contributed by atoms with Crippen molar-refractivity contribution in [2.75, 3.05) is 11.4 Å². The van der Waals surface area contributed by atoms with Gasteiger partial charge in [0.15, 0.2) is 0 Å². The predicted octanol–water partition coefficient (Wildman–Crippen LogP) is 2.34. The molecule has 0 fully saturated rings. The Morgan fingerprint density at radius 1 is 1.33 bits per heavy atom. The Balaban J connectivity index is 2.87. The van der Waals surface area contributed by atoms with Crippen LogP contribution in [0.5, 0.6) is 0 Å². The van der Waals surface area contributed by atoms with E-state index in [-0.39, 0.29) is 6.04 Å². The van der Waals surface area contributed by atoms with E-state index in [2.05, 4.69) is 36.7 Å². The van der Waals surface area contributed by atoms with Gasteiger partial charge in [0.1, 0.15) is 0 Å². The number of hydrogen-bond donors (Lipinski definition) is 1. The van der Waals surface area contributed by atoms with Crippen LogP contribution in [0.25, 0.3) is 0 Å². The third kappa shape index (κ3) is 2.93. The van der Waals surface area contributed by atoms with Gasteiger partial charge in [-0.05, 0) is 39.8 Å². The van der Waals surface area contributed by atoms with Crippen LogP contribution >= 0.6 is 0 Å². The molecule has 0 saturated carbocycles. The van der Waals surface area contributed by atoms with Gasteiger partial charge in [-0.15, -0.1) is 0 Å². The smallest absolute Gasteiger partial charge is 0.0569 e. The Kier molecular flexibility index (Phi) is 4.09. The van der Waals surface area contributed by atoms with Crippen molar-refractivity contribution in [1.82, 2.24) is 4.98 Å². The summed E-state index contributed by atoms with van der Waals surface area (Å²) in [5, 5.41) is 0. The van der Waals surface area contributed by atoms with Gasteiger partial charge >= 0.3 is 0 Å². The quantitative estimate of drug-likeness (QED) is 0.824. The molecule has 1 atom stereocenters. The predicted molar refractivity (Wildman–Crippen MR) is 65.0 cm³/mol. The molecule has 84 valence electrons. The highest BCUT2D eigenvalue weighted by Gasteiger charge is 2.09. The zero-order valence-corrected chi connectivity index (χ0v) is 10.1. The fourth-order valence-corrected chi connectivity index (χ4v) is 1.68. The summed E-state index contributed by atoms with van der Waals surface area (Å²) in [7, 11) is 0. The van der Waals surface area contributed by atoms with Crippen LogP contribution in [0.4, 0.5) is 5.69 Å². The van der Waals surface area contributed by atoms with E-state index in [4.69, 9.17) is 5.73 Å². The maximum atomic E-state index is 5.76. The monoisotopic (exact) mass is 207 g/mol. The van der Waals surface area contributed by atoms with Crippen LogP contribution < -0.4 is 10.6 Å². The average molecular weight is 207 g/mol. The molecule has 0 aliphatic heterocycles. The fraction of sp³-hybridized carbons (Fsp3) is 0.583. The fourth-order valence-electron chi connectivity index (χ4n) is 1.68. The van der Waals surface area contributed by atoms with Crippen LogP contribution in [0.15, 0.2) is 18.3 Å². The zero-order valence-electron chi connectivity index (χ0n) is 10.1. The molecule has 1 rings (SSSR count). The molecule has 2 N–H and O–H groups in total. The minimum atomic E-state index is 0.00757. The maximum Gasteiger partial charge on any atom is 0.0569 e. The first-order chi connectivity index (χ1) is 7.06. The van der Waals surface area contributed by atoms with Crippen LogP contribution in [0, 0.1) is 0 Å². The molecular formula is C12H21N3. The third-order valence-electron chi connectivity index (χ3n) is 2.53. The molecule has 3 nitrogen and oxygen atoms in total. The molecular weight excluding hydrogens is 186 g/mol. The number of nitrogens with two attached hydrogens (primary N) is 1. The van der Waals surface area contributed by atoms with E-state index in [0.29, 0.717) is 6.04 Å². The van der Waals surface area contributed by atoms with Gasteiger partial charge < -0.3 is 10.6 Å². The molecule has 1 aromatic rings. The molecule has 3 heteroatoms. The Hall–Kier alpha value is -1.09. The molecule has 0 aromatic carbocycles. The summed E-state index contributed by atoms with van der Waals surface area (Å²) in [6, 6.07) is 4.60. The molecule has 0 spiro atoms. The highest BCUT2D eigenvalue weighted by Crippen LogP contribution is 2.17. The van der Waals surface area contributed by atoms with E-state index in [1.807, 2.05) is 19.2 Å². The Morgan fingerprint density at radius 2 is 2.00 bits per heavy atom. The van der Waals surface area contributed by atoms with Gasteiger partial charge in [-0.1, -0.05) is 0 Å². The van der Waals surface area contributed by atoms with Gasteiger partial charge in [0.25, 0.3) is 0 Å². The highest BCUT2D eigenvalue weighted by molar-refractivity contribution is 5.45. The first-order valence-corrected chi connectivity index (χ1v) is 5.54. The van der Waals surface area contributed by atoms with E-state index in [0.717, 1.165) is 17.9 Å². The molecule has 0 radical (unpaired) electrons. The van der Waals surface area contributed by atoms with Crippen molar-refractivity contribution in [1.29, 1.82) is 0 Å². The highest BCUT2D eigenvalue weighted by atomic mass is 15.1. The van der Waals surface area contributed by atoms with Gasteiger partial charge in [0, 0.05) is 18.6 Å². The standard InChI is InChI=1S/C12H21N3/c1-5-15(9(2)3)11-6-7-12(10(4)13)14-8-11/h6-10H,5,13H2,1-4H3/t10-/m1/s1. The SMILES string of the molecule is CCN(c1ccc([C@@H](C)N)nc1)C(C)C. The summed E-state index contributed by atoms with van der Waals surface area (Å²) in [6.45, 7) is 9.46. The number of rotatable bonds is 4. The molecule has 1 heterocycles. The second-order valence-electron chi connectivity index (χ2n) is 4.11.